The van der Waals surface area contributed by atoms with Crippen molar-refractivity contribution in [1.29, 1.82) is 0 Å². The molecule has 3 nitrogen and oxygen atoms in total. The molecule has 0 atom stereocenters. The molecule has 0 bridgehead atoms. The average Bonchev–Trinajstić information content (AvgIpc) is 2.42. The van der Waals surface area contributed by atoms with Gasteiger partial charge in [-0.05, 0) is 11.1 Å². The molecule has 0 aliphatic carbocycles. The molecule has 0 saturated carbocycles. The van der Waals surface area contributed by atoms with Crippen LogP contribution in [0, 0.1) is 0 Å². The SMILES string of the molecule is O=POC(=O)C(c1ccccc1)c1ccccc1. The molecule has 0 aromatic heterocycles. The van der Waals surface area contributed by atoms with Crippen molar-refractivity contribution in [3.05, 3.63) is 71.8 Å². The highest BCUT2D eigenvalue weighted by atomic mass is 31.1. The van der Waals surface area contributed by atoms with Crippen LogP contribution in [-0.2, 0) is 13.9 Å². The molecule has 0 N–H and O–H groups in total. The van der Waals surface area contributed by atoms with Crippen molar-refractivity contribution in [2.45, 2.75) is 5.92 Å². The maximum Gasteiger partial charge on any atom is 0.398 e. The number of hydrogen-bond donors (Lipinski definition) is 0. The van der Waals surface area contributed by atoms with Gasteiger partial charge < -0.3 is 4.52 Å². The highest BCUT2D eigenvalue weighted by molar-refractivity contribution is 7.18. The minimum Gasteiger partial charge on any atom is -0.372 e. The zero-order chi connectivity index (χ0) is 12.8. The summed E-state index contributed by atoms with van der Waals surface area (Å²) in [7, 11) is -0.626. The fourth-order valence-electron chi connectivity index (χ4n) is 1.85. The number of rotatable bonds is 4. The second kappa shape index (κ2) is 6.08. The fourth-order valence-corrected chi connectivity index (χ4v) is 2.02. The molecule has 2 aromatic rings. The van der Waals surface area contributed by atoms with E-state index in [1.807, 2.05) is 60.7 Å². The molecule has 0 unspecified atom stereocenters. The summed E-state index contributed by atoms with van der Waals surface area (Å²) in [5.41, 5.74) is 1.63. The van der Waals surface area contributed by atoms with Crippen LogP contribution in [0.5, 0.6) is 0 Å². The van der Waals surface area contributed by atoms with Crippen molar-refractivity contribution < 1.29 is 13.9 Å². The molecule has 0 aliphatic rings. The molecule has 2 rings (SSSR count). The summed E-state index contributed by atoms with van der Waals surface area (Å²) >= 11 is 0. The van der Waals surface area contributed by atoms with E-state index < -0.39 is 20.6 Å². The van der Waals surface area contributed by atoms with E-state index in [0.717, 1.165) is 11.1 Å². The predicted octanol–water partition coefficient (Wildman–Crippen LogP) is 3.57. The topological polar surface area (TPSA) is 43.4 Å². The number of carbonyl (C=O) groups excluding carboxylic acids is 1. The van der Waals surface area contributed by atoms with Crippen LogP contribution in [0.15, 0.2) is 60.7 Å². The van der Waals surface area contributed by atoms with Crippen LogP contribution >= 0.6 is 8.69 Å². The van der Waals surface area contributed by atoms with Gasteiger partial charge in [-0.25, -0.2) is 4.57 Å². The van der Waals surface area contributed by atoms with Gasteiger partial charge in [0.1, 0.15) is 5.92 Å². The first-order valence-corrected chi connectivity index (χ1v) is 6.19. The van der Waals surface area contributed by atoms with Crippen LogP contribution in [0.4, 0.5) is 0 Å². The molecule has 0 radical (unpaired) electrons. The Hall–Kier alpha value is -1.99. The molecular weight excluding hydrogens is 247 g/mol. The zero-order valence-electron chi connectivity index (χ0n) is 9.52. The van der Waals surface area contributed by atoms with E-state index in [0.29, 0.717) is 0 Å². The lowest BCUT2D eigenvalue weighted by Crippen LogP contribution is -2.13. The monoisotopic (exact) mass is 258 g/mol. The number of benzene rings is 2. The quantitative estimate of drug-likeness (QED) is 0.787. The van der Waals surface area contributed by atoms with Gasteiger partial charge in [0.2, 0.25) is 0 Å². The number of carbonyl (C=O) groups is 1. The van der Waals surface area contributed by atoms with E-state index in [9.17, 15) is 9.36 Å². The zero-order valence-corrected chi connectivity index (χ0v) is 10.4. The third-order valence-electron chi connectivity index (χ3n) is 2.63. The van der Waals surface area contributed by atoms with Crippen LogP contribution in [0.1, 0.15) is 17.0 Å². The van der Waals surface area contributed by atoms with Crippen molar-refractivity contribution in [2.75, 3.05) is 0 Å². The van der Waals surface area contributed by atoms with Crippen LogP contribution in [0.2, 0.25) is 0 Å². The van der Waals surface area contributed by atoms with E-state index in [1.165, 1.54) is 0 Å². The largest absolute Gasteiger partial charge is 0.398 e. The van der Waals surface area contributed by atoms with E-state index in [4.69, 9.17) is 0 Å². The Morgan fingerprint density at radius 2 is 1.33 bits per heavy atom. The summed E-state index contributed by atoms with van der Waals surface area (Å²) in [6.07, 6.45) is 0. The molecule has 90 valence electrons. The van der Waals surface area contributed by atoms with Crippen molar-refractivity contribution in [1.82, 2.24) is 0 Å². The van der Waals surface area contributed by atoms with Gasteiger partial charge in [-0.15, -0.1) is 0 Å². The van der Waals surface area contributed by atoms with Gasteiger partial charge in [0.25, 0.3) is 0 Å². The third-order valence-corrected chi connectivity index (χ3v) is 2.88. The second-order valence-electron chi connectivity index (χ2n) is 3.74. The smallest absolute Gasteiger partial charge is 0.372 e. The summed E-state index contributed by atoms with van der Waals surface area (Å²) in [6, 6.07) is 18.6. The van der Waals surface area contributed by atoms with E-state index in [1.54, 1.807) is 0 Å². The van der Waals surface area contributed by atoms with Gasteiger partial charge >= 0.3 is 14.7 Å². The minimum absolute atomic E-state index is 0.524. The average molecular weight is 258 g/mol. The molecule has 0 fully saturated rings. The molecule has 18 heavy (non-hydrogen) atoms. The van der Waals surface area contributed by atoms with Crippen molar-refractivity contribution in [3.63, 3.8) is 0 Å². The van der Waals surface area contributed by atoms with Crippen LogP contribution < -0.4 is 0 Å². The molecule has 0 saturated heterocycles. The summed E-state index contributed by atoms with van der Waals surface area (Å²) in [5, 5.41) is 0. The lowest BCUT2D eigenvalue weighted by Gasteiger charge is -2.14. The third kappa shape index (κ3) is 2.82. The molecule has 0 aliphatic heterocycles. The standard InChI is InChI=1S/C14H11O3P/c15-14(17-18-16)13(11-7-3-1-4-8-11)12-9-5-2-6-10-12/h1-10,13H. The van der Waals surface area contributed by atoms with Crippen molar-refractivity contribution in [3.8, 4) is 0 Å². The maximum absolute atomic E-state index is 11.9. The summed E-state index contributed by atoms with van der Waals surface area (Å²) in [4.78, 5) is 11.9. The first-order valence-electron chi connectivity index (χ1n) is 5.46. The lowest BCUT2D eigenvalue weighted by molar-refractivity contribution is -0.134. The van der Waals surface area contributed by atoms with E-state index in [2.05, 4.69) is 4.52 Å². The number of hydrogen-bond acceptors (Lipinski definition) is 3. The van der Waals surface area contributed by atoms with Gasteiger partial charge in [0.15, 0.2) is 0 Å². The summed E-state index contributed by atoms with van der Waals surface area (Å²) in [6.45, 7) is 0. The highest BCUT2D eigenvalue weighted by Crippen LogP contribution is 2.27. The summed E-state index contributed by atoms with van der Waals surface area (Å²) in [5.74, 6) is -1.07. The van der Waals surface area contributed by atoms with Crippen LogP contribution in [0.25, 0.3) is 0 Å². The van der Waals surface area contributed by atoms with Gasteiger partial charge in [0, 0.05) is 0 Å². The fraction of sp³-hybridized carbons (Fsp3) is 0.0714. The molecule has 0 heterocycles. The molecular formula is C14H11O3P. The predicted molar refractivity (Wildman–Crippen MR) is 68.4 cm³/mol. The lowest BCUT2D eigenvalue weighted by atomic mass is 9.92. The Balaban J connectivity index is 2.41. The van der Waals surface area contributed by atoms with Crippen molar-refractivity contribution >= 4 is 14.7 Å². The summed E-state index contributed by atoms with van der Waals surface area (Å²) < 4.78 is 15.0. The highest BCUT2D eigenvalue weighted by Gasteiger charge is 2.24. The van der Waals surface area contributed by atoms with Crippen LogP contribution in [0.3, 0.4) is 0 Å². The van der Waals surface area contributed by atoms with Gasteiger partial charge in [-0.3, -0.25) is 4.79 Å². The Bertz CT molecular complexity index is 486. The molecule has 0 amide bonds. The normalized spacial score (nSPS) is 10.5. The first kappa shape index (κ1) is 12.5. The molecule has 4 heteroatoms. The van der Waals surface area contributed by atoms with Gasteiger partial charge in [-0.1, -0.05) is 60.7 Å². The van der Waals surface area contributed by atoms with E-state index >= 15 is 0 Å². The van der Waals surface area contributed by atoms with Crippen LogP contribution in [-0.4, -0.2) is 5.97 Å². The molecule has 2 aromatic carbocycles. The minimum atomic E-state index is -0.626. The van der Waals surface area contributed by atoms with Gasteiger partial charge in [0.05, 0.1) is 0 Å². The van der Waals surface area contributed by atoms with Crippen molar-refractivity contribution in [2.24, 2.45) is 0 Å². The Morgan fingerprint density at radius 1 is 0.889 bits per heavy atom. The maximum atomic E-state index is 11.9. The van der Waals surface area contributed by atoms with E-state index in [-0.39, 0.29) is 0 Å². The van der Waals surface area contributed by atoms with Gasteiger partial charge in [-0.2, -0.15) is 0 Å². The molecule has 0 spiro atoms. The second-order valence-corrected chi connectivity index (χ2v) is 4.07. The Kier molecular flexibility index (Phi) is 4.21. The Labute approximate surface area is 107 Å². The Morgan fingerprint density at radius 3 is 1.72 bits per heavy atom. The first-order chi connectivity index (χ1) is 8.83.